The van der Waals surface area contributed by atoms with Crippen LogP contribution in [0.3, 0.4) is 0 Å². The number of Topliss-reactive ketones (excluding diaryl/α,β-unsaturated/α-hetero) is 1. The lowest BCUT2D eigenvalue weighted by Crippen LogP contribution is -2.42. The summed E-state index contributed by atoms with van der Waals surface area (Å²) in [6.07, 6.45) is -6.13. The smallest absolute Gasteiger partial charge is 0.374 e. The van der Waals surface area contributed by atoms with Crippen LogP contribution in [0.2, 0.25) is 15.1 Å². The average molecular weight is 566 g/mol. The van der Waals surface area contributed by atoms with E-state index in [0.717, 1.165) is 17.0 Å². The first-order valence-corrected chi connectivity index (χ1v) is 11.5. The number of oxime groups is 1. The zero-order valence-electron chi connectivity index (χ0n) is 18.3. The minimum Gasteiger partial charge on any atom is -0.374 e. The fourth-order valence-electron chi connectivity index (χ4n) is 4.09. The molecule has 4 rings (SSSR count). The molecule has 2 unspecified atom stereocenters. The molecule has 0 radical (unpaired) electrons. The summed E-state index contributed by atoms with van der Waals surface area (Å²) in [5.74, 6) is -3.24. The molecule has 0 spiro atoms. The van der Waals surface area contributed by atoms with E-state index in [-0.39, 0.29) is 34.7 Å². The van der Waals surface area contributed by atoms with Gasteiger partial charge < -0.3 is 4.84 Å². The molecule has 0 bridgehead atoms. The van der Waals surface area contributed by atoms with Gasteiger partial charge in [0.2, 0.25) is 11.8 Å². The number of alkyl halides is 3. The van der Waals surface area contributed by atoms with Crippen LogP contribution in [0, 0.1) is 11.7 Å². The third-order valence-corrected chi connectivity index (χ3v) is 7.01. The number of nitrogens with zero attached hydrogens (tertiary/aromatic N) is 2. The van der Waals surface area contributed by atoms with Crippen molar-refractivity contribution in [3.05, 3.63) is 67.9 Å². The number of benzene rings is 2. The monoisotopic (exact) mass is 564 g/mol. The molecule has 2 aromatic rings. The fraction of sp³-hybridized carbons (Fsp3) is 0.304. The summed E-state index contributed by atoms with van der Waals surface area (Å²) >= 11 is 17.7. The van der Waals surface area contributed by atoms with E-state index in [4.69, 9.17) is 39.6 Å². The Bertz CT molecular complexity index is 1310. The van der Waals surface area contributed by atoms with E-state index >= 15 is 0 Å². The number of ketones is 1. The van der Waals surface area contributed by atoms with Gasteiger partial charge in [0, 0.05) is 43.0 Å². The van der Waals surface area contributed by atoms with Gasteiger partial charge in [0.05, 0.1) is 26.7 Å². The maximum absolute atomic E-state index is 14.2. The van der Waals surface area contributed by atoms with Gasteiger partial charge >= 0.3 is 6.18 Å². The second-order valence-corrected chi connectivity index (χ2v) is 9.62. The molecule has 0 N–H and O–H groups in total. The van der Waals surface area contributed by atoms with Crippen LogP contribution in [0.5, 0.6) is 0 Å². The summed E-state index contributed by atoms with van der Waals surface area (Å²) in [6, 6.07) is 5.44. The SMILES string of the molecule is CN1C(=O)CC(CC(=O)c2ccc(C3=NOC(c4cc(Cl)c(F)c(Cl)c4)(C(F)(F)F)C3)cc2Cl)C1=O. The van der Waals surface area contributed by atoms with E-state index in [0.29, 0.717) is 0 Å². The molecule has 1 saturated heterocycles. The van der Waals surface area contributed by atoms with Crippen LogP contribution in [-0.4, -0.2) is 41.4 Å². The number of imide groups is 1. The number of hydrogen-bond donors (Lipinski definition) is 0. The Morgan fingerprint density at radius 2 is 1.78 bits per heavy atom. The zero-order chi connectivity index (χ0) is 26.6. The summed E-state index contributed by atoms with van der Waals surface area (Å²) in [5, 5.41) is 2.29. The third kappa shape index (κ3) is 4.46. The highest BCUT2D eigenvalue weighted by atomic mass is 35.5. The van der Waals surface area contributed by atoms with Crippen LogP contribution in [0.25, 0.3) is 0 Å². The van der Waals surface area contributed by atoms with Gasteiger partial charge in [-0.05, 0) is 24.3 Å². The molecular weight excluding hydrogens is 551 g/mol. The van der Waals surface area contributed by atoms with Crippen molar-refractivity contribution < 1.29 is 36.8 Å². The van der Waals surface area contributed by atoms with Gasteiger partial charge in [-0.2, -0.15) is 13.2 Å². The first kappa shape index (κ1) is 26.4. The van der Waals surface area contributed by atoms with E-state index in [1.807, 2.05) is 0 Å². The Hall–Kier alpha value is -2.69. The molecule has 0 aliphatic carbocycles. The first-order chi connectivity index (χ1) is 16.7. The summed E-state index contributed by atoms with van der Waals surface area (Å²) in [6.45, 7) is 0. The molecule has 2 amide bonds. The highest BCUT2D eigenvalue weighted by Crippen LogP contribution is 2.50. The maximum atomic E-state index is 14.2. The first-order valence-electron chi connectivity index (χ1n) is 10.4. The van der Waals surface area contributed by atoms with Crippen molar-refractivity contribution in [1.82, 2.24) is 4.90 Å². The molecule has 6 nitrogen and oxygen atoms in total. The molecule has 1 fully saturated rings. The van der Waals surface area contributed by atoms with Gasteiger partial charge in [-0.15, -0.1) is 0 Å². The summed E-state index contributed by atoms with van der Waals surface area (Å²) < 4.78 is 56.3. The van der Waals surface area contributed by atoms with Gasteiger partial charge in [-0.1, -0.05) is 46.0 Å². The molecule has 0 saturated carbocycles. The van der Waals surface area contributed by atoms with Crippen molar-refractivity contribution in [1.29, 1.82) is 0 Å². The third-order valence-electron chi connectivity index (χ3n) is 6.15. The van der Waals surface area contributed by atoms with Gasteiger partial charge in [-0.3, -0.25) is 19.3 Å². The number of carbonyl (C=O) groups is 3. The predicted molar refractivity (Wildman–Crippen MR) is 123 cm³/mol. The number of rotatable bonds is 5. The van der Waals surface area contributed by atoms with Crippen molar-refractivity contribution in [3.63, 3.8) is 0 Å². The molecular formula is C23H15Cl3F4N2O4. The Kier molecular flexibility index (Phi) is 6.83. The fourth-order valence-corrected chi connectivity index (χ4v) is 4.87. The highest BCUT2D eigenvalue weighted by Gasteiger charge is 2.62. The van der Waals surface area contributed by atoms with E-state index in [2.05, 4.69) is 5.16 Å². The van der Waals surface area contributed by atoms with Crippen molar-refractivity contribution in [2.75, 3.05) is 7.05 Å². The largest absolute Gasteiger partial charge is 0.435 e. The summed E-state index contributed by atoms with van der Waals surface area (Å²) in [4.78, 5) is 42.3. The quantitative estimate of drug-likeness (QED) is 0.194. The molecule has 2 aliphatic heterocycles. The minimum absolute atomic E-state index is 0.0360. The number of hydrogen-bond acceptors (Lipinski definition) is 5. The van der Waals surface area contributed by atoms with Gasteiger partial charge in [0.1, 0.15) is 0 Å². The standard InChI is InChI=1S/C23H15Cl3F4N2O4/c1-32-19(34)6-11(21(32)35)5-18(33)13-3-2-10(4-14(13)24)17-9-22(36-31-17,23(28,29)30)12-7-15(25)20(27)16(26)8-12/h2-4,7-8,11H,5-6,9H2,1H3. The molecule has 13 heteroatoms. The molecule has 2 aromatic carbocycles. The Labute approximate surface area is 216 Å². The van der Waals surface area contributed by atoms with Crippen molar-refractivity contribution in [2.45, 2.75) is 31.0 Å². The lowest BCUT2D eigenvalue weighted by Gasteiger charge is -2.29. The van der Waals surface area contributed by atoms with E-state index in [1.165, 1.54) is 25.2 Å². The van der Waals surface area contributed by atoms with Crippen LogP contribution < -0.4 is 0 Å². The molecule has 0 aromatic heterocycles. The van der Waals surface area contributed by atoms with Crippen LogP contribution >= 0.6 is 34.8 Å². The Morgan fingerprint density at radius 1 is 1.14 bits per heavy atom. The van der Waals surface area contributed by atoms with Crippen molar-refractivity contribution >= 4 is 58.1 Å². The van der Waals surface area contributed by atoms with Gasteiger partial charge in [0.25, 0.3) is 5.60 Å². The molecule has 36 heavy (non-hydrogen) atoms. The minimum atomic E-state index is -4.99. The zero-order valence-corrected chi connectivity index (χ0v) is 20.5. The maximum Gasteiger partial charge on any atom is 0.435 e. The number of halogens is 7. The van der Waals surface area contributed by atoms with Gasteiger partial charge in [-0.25, -0.2) is 4.39 Å². The second-order valence-electron chi connectivity index (χ2n) is 8.40. The molecule has 2 aliphatic rings. The van der Waals surface area contributed by atoms with Crippen LogP contribution in [0.4, 0.5) is 17.6 Å². The molecule has 2 atom stereocenters. The number of amides is 2. The van der Waals surface area contributed by atoms with Crippen molar-refractivity contribution in [3.8, 4) is 0 Å². The summed E-state index contributed by atoms with van der Waals surface area (Å²) in [5.41, 5.74) is -3.47. The van der Waals surface area contributed by atoms with Crippen LogP contribution in [-0.2, 0) is 20.0 Å². The lowest BCUT2D eigenvalue weighted by molar-refractivity contribution is -0.275. The second kappa shape index (κ2) is 9.32. The summed E-state index contributed by atoms with van der Waals surface area (Å²) in [7, 11) is 1.33. The Morgan fingerprint density at radius 3 is 2.31 bits per heavy atom. The predicted octanol–water partition coefficient (Wildman–Crippen LogP) is 5.95. The number of carbonyl (C=O) groups excluding carboxylic acids is 3. The molecule has 190 valence electrons. The van der Waals surface area contributed by atoms with Crippen molar-refractivity contribution in [2.24, 2.45) is 11.1 Å². The highest BCUT2D eigenvalue weighted by molar-refractivity contribution is 6.35. The molecule has 2 heterocycles. The van der Waals surface area contributed by atoms with Crippen LogP contribution in [0.1, 0.15) is 40.7 Å². The van der Waals surface area contributed by atoms with E-state index in [9.17, 15) is 31.9 Å². The van der Waals surface area contributed by atoms with Gasteiger partial charge in [0.15, 0.2) is 11.6 Å². The normalized spacial score (nSPS) is 22.2. The van der Waals surface area contributed by atoms with E-state index < -0.39 is 63.1 Å². The Balaban J connectivity index is 1.59. The lowest BCUT2D eigenvalue weighted by atomic mass is 9.86. The van der Waals surface area contributed by atoms with Crippen LogP contribution in [0.15, 0.2) is 35.5 Å². The van der Waals surface area contributed by atoms with E-state index in [1.54, 1.807) is 0 Å². The topological polar surface area (TPSA) is 76.0 Å². The number of likely N-dealkylation sites (tertiary alicyclic amines) is 1. The average Bonchev–Trinajstić information content (AvgIpc) is 3.36.